The fourth-order valence-electron chi connectivity index (χ4n) is 2.62. The lowest BCUT2D eigenvalue weighted by Gasteiger charge is -2.14. The minimum Gasteiger partial charge on any atom is -0.491 e. The molecule has 9 heteroatoms. The van der Waals surface area contributed by atoms with E-state index in [0.29, 0.717) is 29.1 Å². The standard InChI is InChI=1S/C19H19N3O4S2/c1-9(2)26-14-5-4-11(17(20)23)6-12(14)7-15-22-13(8-27-15)16-10(3)21-18(28-16)19(24)25/h4-6,8-9H,7H2,1-3H3,(H2,20,23)(H,24,25). The number of carbonyl (C=O) groups excluding carboxylic acids is 1. The highest BCUT2D eigenvalue weighted by Crippen LogP contribution is 2.32. The number of thiazole rings is 2. The average molecular weight is 418 g/mol. The van der Waals surface area contributed by atoms with Gasteiger partial charge in [0.05, 0.1) is 27.4 Å². The summed E-state index contributed by atoms with van der Waals surface area (Å²) in [4.78, 5) is 32.1. The van der Waals surface area contributed by atoms with Gasteiger partial charge < -0.3 is 15.6 Å². The molecule has 0 saturated carbocycles. The number of ether oxygens (including phenoxy) is 1. The van der Waals surface area contributed by atoms with Crippen LogP contribution < -0.4 is 10.5 Å². The normalized spacial score (nSPS) is 11.0. The van der Waals surface area contributed by atoms with Crippen molar-refractivity contribution in [1.29, 1.82) is 0 Å². The van der Waals surface area contributed by atoms with Crippen LogP contribution in [0.2, 0.25) is 0 Å². The number of aromatic carboxylic acids is 1. The van der Waals surface area contributed by atoms with E-state index in [4.69, 9.17) is 15.6 Å². The molecule has 3 aromatic rings. The van der Waals surface area contributed by atoms with Crippen molar-refractivity contribution in [1.82, 2.24) is 9.97 Å². The van der Waals surface area contributed by atoms with E-state index in [1.807, 2.05) is 19.2 Å². The summed E-state index contributed by atoms with van der Waals surface area (Å²) in [6, 6.07) is 5.11. The molecule has 0 radical (unpaired) electrons. The number of carbonyl (C=O) groups is 2. The van der Waals surface area contributed by atoms with Crippen molar-refractivity contribution in [3.63, 3.8) is 0 Å². The van der Waals surface area contributed by atoms with E-state index in [9.17, 15) is 9.59 Å². The molecule has 0 fully saturated rings. The number of rotatable bonds is 7. The monoisotopic (exact) mass is 417 g/mol. The van der Waals surface area contributed by atoms with E-state index in [1.54, 1.807) is 25.1 Å². The van der Waals surface area contributed by atoms with Crippen LogP contribution in [0.4, 0.5) is 0 Å². The Morgan fingerprint density at radius 1 is 1.29 bits per heavy atom. The first kappa shape index (κ1) is 20.0. The second-order valence-electron chi connectivity index (χ2n) is 6.40. The number of hydrogen-bond donors (Lipinski definition) is 2. The fourth-order valence-corrected chi connectivity index (χ4v) is 4.37. The number of carboxylic acid groups (broad SMARTS) is 1. The predicted molar refractivity (Wildman–Crippen MR) is 108 cm³/mol. The number of amides is 1. The van der Waals surface area contributed by atoms with Crippen LogP contribution in [0.15, 0.2) is 23.6 Å². The van der Waals surface area contributed by atoms with E-state index in [0.717, 1.165) is 26.8 Å². The zero-order valence-corrected chi connectivity index (χ0v) is 17.2. The van der Waals surface area contributed by atoms with E-state index < -0.39 is 11.9 Å². The molecule has 0 aliphatic rings. The SMILES string of the molecule is Cc1nc(C(=O)O)sc1-c1csc(Cc2cc(C(N)=O)ccc2OC(C)C)n1. The van der Waals surface area contributed by atoms with E-state index in [-0.39, 0.29) is 11.1 Å². The number of aryl methyl sites for hydroxylation is 1. The van der Waals surface area contributed by atoms with E-state index >= 15 is 0 Å². The summed E-state index contributed by atoms with van der Waals surface area (Å²) < 4.78 is 5.84. The Labute approximate surface area is 169 Å². The van der Waals surface area contributed by atoms with Gasteiger partial charge >= 0.3 is 5.97 Å². The van der Waals surface area contributed by atoms with Crippen LogP contribution in [0.5, 0.6) is 5.75 Å². The minimum absolute atomic E-state index is 0.0145. The molecular weight excluding hydrogens is 398 g/mol. The third kappa shape index (κ3) is 4.37. The zero-order valence-electron chi connectivity index (χ0n) is 15.6. The number of benzene rings is 1. The largest absolute Gasteiger partial charge is 0.491 e. The smallest absolute Gasteiger partial charge is 0.365 e. The summed E-state index contributed by atoms with van der Waals surface area (Å²) in [5, 5.41) is 11.9. The Hall–Kier alpha value is -2.78. The van der Waals surface area contributed by atoms with Crippen molar-refractivity contribution >= 4 is 34.6 Å². The first-order valence-electron chi connectivity index (χ1n) is 8.49. The number of hydrogen-bond acceptors (Lipinski definition) is 7. The Morgan fingerprint density at radius 3 is 2.64 bits per heavy atom. The van der Waals surface area contributed by atoms with Gasteiger partial charge in [-0.3, -0.25) is 4.79 Å². The molecule has 146 valence electrons. The third-order valence-corrected chi connectivity index (χ3v) is 5.83. The molecule has 0 aliphatic heterocycles. The minimum atomic E-state index is -1.05. The molecule has 0 saturated heterocycles. The van der Waals surface area contributed by atoms with Crippen LogP contribution in [0.1, 0.15) is 50.3 Å². The van der Waals surface area contributed by atoms with E-state index in [1.165, 1.54) is 11.3 Å². The second kappa shape index (κ2) is 8.07. The van der Waals surface area contributed by atoms with Crippen LogP contribution in [-0.2, 0) is 6.42 Å². The van der Waals surface area contributed by atoms with Gasteiger partial charge in [-0.1, -0.05) is 0 Å². The van der Waals surface area contributed by atoms with Crippen LogP contribution in [0.3, 0.4) is 0 Å². The molecule has 28 heavy (non-hydrogen) atoms. The molecule has 1 amide bonds. The molecule has 3 rings (SSSR count). The first-order chi connectivity index (χ1) is 13.2. The van der Waals surface area contributed by atoms with Gasteiger partial charge in [-0.2, -0.15) is 0 Å². The maximum Gasteiger partial charge on any atom is 0.365 e. The van der Waals surface area contributed by atoms with Crippen LogP contribution >= 0.6 is 22.7 Å². The Kier molecular flexibility index (Phi) is 5.76. The number of nitrogens with zero attached hydrogens (tertiary/aromatic N) is 2. The van der Waals surface area contributed by atoms with Gasteiger partial charge in [-0.05, 0) is 39.0 Å². The molecular formula is C19H19N3O4S2. The Balaban J connectivity index is 1.91. The quantitative estimate of drug-likeness (QED) is 0.605. The van der Waals surface area contributed by atoms with Crippen LogP contribution in [0, 0.1) is 6.92 Å². The summed E-state index contributed by atoms with van der Waals surface area (Å²) in [5.41, 5.74) is 7.96. The summed E-state index contributed by atoms with van der Waals surface area (Å²) in [5.74, 6) is -0.869. The highest BCUT2D eigenvalue weighted by atomic mass is 32.1. The van der Waals surface area contributed by atoms with Crippen LogP contribution in [0.25, 0.3) is 10.6 Å². The van der Waals surface area contributed by atoms with Crippen molar-refractivity contribution in [2.75, 3.05) is 0 Å². The zero-order chi connectivity index (χ0) is 20.4. The molecule has 0 unspecified atom stereocenters. The molecule has 2 heterocycles. The van der Waals surface area contributed by atoms with Crippen molar-refractivity contribution < 1.29 is 19.4 Å². The molecule has 2 aromatic heterocycles. The third-order valence-electron chi connectivity index (χ3n) is 3.81. The summed E-state index contributed by atoms with van der Waals surface area (Å²) in [6.45, 7) is 5.63. The molecule has 1 aromatic carbocycles. The van der Waals surface area contributed by atoms with Gasteiger partial charge in [0.1, 0.15) is 5.75 Å². The van der Waals surface area contributed by atoms with Crippen molar-refractivity contribution in [3.05, 3.63) is 50.4 Å². The lowest BCUT2D eigenvalue weighted by Crippen LogP contribution is -2.13. The fraction of sp³-hybridized carbons (Fsp3) is 0.263. The van der Waals surface area contributed by atoms with Crippen molar-refractivity contribution in [3.8, 4) is 16.3 Å². The number of nitrogens with two attached hydrogens (primary N) is 1. The van der Waals surface area contributed by atoms with Gasteiger partial charge in [-0.15, -0.1) is 22.7 Å². The lowest BCUT2D eigenvalue weighted by molar-refractivity contribution is 0.0696. The van der Waals surface area contributed by atoms with Gasteiger partial charge in [0.2, 0.25) is 10.9 Å². The number of aromatic nitrogens is 2. The Morgan fingerprint density at radius 2 is 2.04 bits per heavy atom. The van der Waals surface area contributed by atoms with Gasteiger partial charge in [0, 0.05) is 22.9 Å². The molecule has 3 N–H and O–H groups in total. The molecule has 0 aliphatic carbocycles. The molecule has 0 atom stereocenters. The van der Waals surface area contributed by atoms with E-state index in [2.05, 4.69) is 9.97 Å². The first-order valence-corrected chi connectivity index (χ1v) is 10.2. The maximum absolute atomic E-state index is 11.5. The van der Waals surface area contributed by atoms with Gasteiger partial charge in [0.15, 0.2) is 0 Å². The summed E-state index contributed by atoms with van der Waals surface area (Å²) in [7, 11) is 0. The summed E-state index contributed by atoms with van der Waals surface area (Å²) in [6.07, 6.45) is 0.455. The Bertz CT molecular complexity index is 1040. The maximum atomic E-state index is 11.5. The lowest BCUT2D eigenvalue weighted by atomic mass is 10.1. The second-order valence-corrected chi connectivity index (χ2v) is 8.34. The van der Waals surface area contributed by atoms with Crippen LogP contribution in [-0.4, -0.2) is 33.1 Å². The predicted octanol–water partition coefficient (Wildman–Crippen LogP) is 3.75. The van der Waals surface area contributed by atoms with Gasteiger partial charge in [-0.25, -0.2) is 14.8 Å². The van der Waals surface area contributed by atoms with Gasteiger partial charge in [0.25, 0.3) is 0 Å². The molecule has 7 nitrogen and oxygen atoms in total. The average Bonchev–Trinajstić information content (AvgIpc) is 3.22. The van der Waals surface area contributed by atoms with Crippen molar-refractivity contribution in [2.24, 2.45) is 5.73 Å². The summed E-state index contributed by atoms with van der Waals surface area (Å²) >= 11 is 2.56. The number of carboxylic acids is 1. The molecule has 0 spiro atoms. The highest BCUT2D eigenvalue weighted by molar-refractivity contribution is 7.17. The highest BCUT2D eigenvalue weighted by Gasteiger charge is 2.18. The number of primary amides is 1. The van der Waals surface area contributed by atoms with Crippen molar-refractivity contribution in [2.45, 2.75) is 33.3 Å². The topological polar surface area (TPSA) is 115 Å². The molecule has 0 bridgehead atoms.